The van der Waals surface area contributed by atoms with Crippen molar-refractivity contribution in [3.05, 3.63) is 0 Å². The molecule has 2 N–H and O–H groups in total. The summed E-state index contributed by atoms with van der Waals surface area (Å²) in [7, 11) is 0. The van der Waals surface area contributed by atoms with E-state index in [1.807, 2.05) is 11.8 Å². The van der Waals surface area contributed by atoms with Crippen LogP contribution in [0.25, 0.3) is 0 Å². The van der Waals surface area contributed by atoms with Gasteiger partial charge in [-0.25, -0.2) is 0 Å². The zero-order valence-electron chi connectivity index (χ0n) is 10.2. The molecule has 88 valence electrons. The Hall–Kier alpha value is -0.570. The first-order valence-corrected chi connectivity index (χ1v) is 6.10. The van der Waals surface area contributed by atoms with Crippen LogP contribution < -0.4 is 5.73 Å². The number of nitrogens with two attached hydrogens (primary N) is 1. The molecule has 3 atom stereocenters. The molecule has 0 saturated carbocycles. The lowest BCUT2D eigenvalue weighted by atomic mass is 9.95. The average Bonchev–Trinajstić information content (AvgIpc) is 2.23. The molecule has 1 amide bonds. The van der Waals surface area contributed by atoms with E-state index >= 15 is 0 Å². The van der Waals surface area contributed by atoms with Crippen molar-refractivity contribution < 1.29 is 4.79 Å². The lowest BCUT2D eigenvalue weighted by Gasteiger charge is -2.33. The van der Waals surface area contributed by atoms with E-state index in [0.29, 0.717) is 11.8 Å². The average molecular weight is 212 g/mol. The summed E-state index contributed by atoms with van der Waals surface area (Å²) in [4.78, 5) is 13.8. The van der Waals surface area contributed by atoms with Crippen molar-refractivity contribution in [2.24, 2.45) is 17.6 Å². The first-order chi connectivity index (χ1) is 7.06. The molecule has 1 aliphatic rings. The molecule has 0 aromatic rings. The number of likely N-dealkylation sites (tertiary alicyclic amines) is 1. The zero-order valence-corrected chi connectivity index (χ0v) is 10.2. The molecule has 1 fully saturated rings. The van der Waals surface area contributed by atoms with E-state index < -0.39 is 0 Å². The number of piperidine rings is 1. The Morgan fingerprint density at radius 1 is 1.60 bits per heavy atom. The molecule has 0 bridgehead atoms. The van der Waals surface area contributed by atoms with Gasteiger partial charge in [0.25, 0.3) is 0 Å². The predicted molar refractivity (Wildman–Crippen MR) is 62.4 cm³/mol. The SMILES string of the molecule is CCC(C)C(N)CN1CCCC(C)C1=O. The van der Waals surface area contributed by atoms with Gasteiger partial charge < -0.3 is 10.6 Å². The third-order valence-electron chi connectivity index (χ3n) is 3.60. The van der Waals surface area contributed by atoms with Crippen LogP contribution in [0.15, 0.2) is 0 Å². The van der Waals surface area contributed by atoms with Crippen LogP contribution in [0.3, 0.4) is 0 Å². The van der Waals surface area contributed by atoms with Gasteiger partial charge in [-0.1, -0.05) is 27.2 Å². The van der Waals surface area contributed by atoms with Gasteiger partial charge in [-0.3, -0.25) is 4.79 Å². The van der Waals surface area contributed by atoms with Gasteiger partial charge >= 0.3 is 0 Å². The number of hydrogen-bond acceptors (Lipinski definition) is 2. The van der Waals surface area contributed by atoms with Crippen LogP contribution in [0.4, 0.5) is 0 Å². The number of rotatable bonds is 4. The van der Waals surface area contributed by atoms with E-state index in [0.717, 1.165) is 32.4 Å². The number of carbonyl (C=O) groups is 1. The minimum absolute atomic E-state index is 0.129. The van der Waals surface area contributed by atoms with Crippen molar-refractivity contribution >= 4 is 5.91 Å². The summed E-state index contributed by atoms with van der Waals surface area (Å²) >= 11 is 0. The topological polar surface area (TPSA) is 46.3 Å². The fraction of sp³-hybridized carbons (Fsp3) is 0.917. The van der Waals surface area contributed by atoms with Crippen LogP contribution in [-0.2, 0) is 4.79 Å². The van der Waals surface area contributed by atoms with Gasteiger partial charge in [0.1, 0.15) is 0 Å². The normalized spacial score (nSPS) is 26.5. The van der Waals surface area contributed by atoms with Crippen LogP contribution in [0.5, 0.6) is 0 Å². The van der Waals surface area contributed by atoms with E-state index in [2.05, 4.69) is 13.8 Å². The molecule has 0 aromatic carbocycles. The van der Waals surface area contributed by atoms with Crippen LogP contribution in [0, 0.1) is 11.8 Å². The van der Waals surface area contributed by atoms with Gasteiger partial charge in [0.15, 0.2) is 0 Å². The van der Waals surface area contributed by atoms with E-state index in [1.165, 1.54) is 0 Å². The molecular formula is C12H24N2O. The smallest absolute Gasteiger partial charge is 0.225 e. The highest BCUT2D eigenvalue weighted by molar-refractivity contribution is 5.79. The van der Waals surface area contributed by atoms with Gasteiger partial charge in [0.2, 0.25) is 5.91 Å². The summed E-state index contributed by atoms with van der Waals surface area (Å²) in [5.74, 6) is 0.984. The van der Waals surface area contributed by atoms with Gasteiger partial charge in [0.05, 0.1) is 0 Å². The second-order valence-electron chi connectivity index (χ2n) is 4.88. The quantitative estimate of drug-likeness (QED) is 0.769. The fourth-order valence-corrected chi connectivity index (χ4v) is 2.05. The Labute approximate surface area is 93.0 Å². The van der Waals surface area contributed by atoms with E-state index in [9.17, 15) is 4.79 Å². The number of carbonyl (C=O) groups excluding carboxylic acids is 1. The van der Waals surface area contributed by atoms with Crippen molar-refractivity contribution in [3.8, 4) is 0 Å². The molecule has 3 heteroatoms. The summed E-state index contributed by atoms with van der Waals surface area (Å²) in [6.45, 7) is 7.95. The summed E-state index contributed by atoms with van der Waals surface area (Å²) in [5, 5.41) is 0. The van der Waals surface area contributed by atoms with Gasteiger partial charge in [0, 0.05) is 25.0 Å². The maximum atomic E-state index is 11.8. The van der Waals surface area contributed by atoms with E-state index in [-0.39, 0.29) is 12.0 Å². The zero-order chi connectivity index (χ0) is 11.4. The van der Waals surface area contributed by atoms with Crippen molar-refractivity contribution in [2.45, 2.75) is 46.1 Å². The summed E-state index contributed by atoms with van der Waals surface area (Å²) < 4.78 is 0. The van der Waals surface area contributed by atoms with Crippen molar-refractivity contribution in [1.29, 1.82) is 0 Å². The van der Waals surface area contributed by atoms with Crippen LogP contribution in [0.2, 0.25) is 0 Å². The molecule has 1 aliphatic heterocycles. The highest BCUT2D eigenvalue weighted by Crippen LogP contribution is 2.18. The summed E-state index contributed by atoms with van der Waals surface area (Å²) in [6, 6.07) is 0.129. The number of nitrogens with zero attached hydrogens (tertiary/aromatic N) is 1. The molecule has 0 aromatic heterocycles. The Morgan fingerprint density at radius 2 is 2.27 bits per heavy atom. The first-order valence-electron chi connectivity index (χ1n) is 6.10. The molecule has 1 heterocycles. The molecule has 1 saturated heterocycles. The van der Waals surface area contributed by atoms with Crippen LogP contribution in [-0.4, -0.2) is 29.9 Å². The molecule has 0 radical (unpaired) electrons. The lowest BCUT2D eigenvalue weighted by Crippen LogP contribution is -2.48. The molecule has 3 unspecified atom stereocenters. The molecule has 3 nitrogen and oxygen atoms in total. The Bertz CT molecular complexity index is 218. The number of hydrogen-bond donors (Lipinski definition) is 1. The minimum atomic E-state index is 0.129. The standard InChI is InChI=1S/C12H24N2O/c1-4-9(2)11(13)8-14-7-5-6-10(3)12(14)15/h9-11H,4-8,13H2,1-3H3. The summed E-state index contributed by atoms with van der Waals surface area (Å²) in [5.41, 5.74) is 6.07. The monoisotopic (exact) mass is 212 g/mol. The highest BCUT2D eigenvalue weighted by atomic mass is 16.2. The molecule has 0 spiro atoms. The Balaban J connectivity index is 2.46. The number of amides is 1. The first kappa shape index (κ1) is 12.5. The Morgan fingerprint density at radius 3 is 2.87 bits per heavy atom. The second kappa shape index (κ2) is 5.50. The van der Waals surface area contributed by atoms with Crippen molar-refractivity contribution in [2.75, 3.05) is 13.1 Å². The van der Waals surface area contributed by atoms with Gasteiger partial charge in [-0.2, -0.15) is 0 Å². The van der Waals surface area contributed by atoms with Gasteiger partial charge in [-0.15, -0.1) is 0 Å². The van der Waals surface area contributed by atoms with E-state index in [1.54, 1.807) is 0 Å². The molecular weight excluding hydrogens is 188 g/mol. The maximum absolute atomic E-state index is 11.8. The van der Waals surface area contributed by atoms with Crippen LogP contribution in [0.1, 0.15) is 40.0 Å². The lowest BCUT2D eigenvalue weighted by molar-refractivity contribution is -0.138. The van der Waals surface area contributed by atoms with Gasteiger partial charge in [-0.05, 0) is 18.8 Å². The largest absolute Gasteiger partial charge is 0.341 e. The summed E-state index contributed by atoms with van der Waals surface area (Å²) in [6.07, 6.45) is 3.24. The van der Waals surface area contributed by atoms with Crippen molar-refractivity contribution in [3.63, 3.8) is 0 Å². The predicted octanol–water partition coefficient (Wildman–Crippen LogP) is 1.62. The van der Waals surface area contributed by atoms with E-state index in [4.69, 9.17) is 5.73 Å². The Kier molecular flexibility index (Phi) is 4.58. The minimum Gasteiger partial charge on any atom is -0.341 e. The molecule has 1 rings (SSSR count). The van der Waals surface area contributed by atoms with Crippen molar-refractivity contribution in [1.82, 2.24) is 4.90 Å². The third-order valence-corrected chi connectivity index (χ3v) is 3.60. The van der Waals surface area contributed by atoms with Crippen LogP contribution >= 0.6 is 0 Å². The maximum Gasteiger partial charge on any atom is 0.225 e. The highest BCUT2D eigenvalue weighted by Gasteiger charge is 2.27. The fourth-order valence-electron chi connectivity index (χ4n) is 2.05. The third kappa shape index (κ3) is 3.20. The molecule has 0 aliphatic carbocycles. The second-order valence-corrected chi connectivity index (χ2v) is 4.88. The molecule has 15 heavy (non-hydrogen) atoms.